The number of aryl methyl sites for hydroxylation is 1. The van der Waals surface area contributed by atoms with Gasteiger partial charge >= 0.3 is 5.97 Å². The van der Waals surface area contributed by atoms with Gasteiger partial charge in [0.15, 0.2) is 0 Å². The molecule has 1 unspecified atom stereocenters. The van der Waals surface area contributed by atoms with Crippen molar-refractivity contribution in [1.29, 1.82) is 0 Å². The number of carboxylic acid groups (broad SMARTS) is 1. The molecule has 1 aromatic carbocycles. The Morgan fingerprint density at radius 3 is 2.95 bits per heavy atom. The molecule has 0 saturated carbocycles. The summed E-state index contributed by atoms with van der Waals surface area (Å²) in [5, 5.41) is 16.9. The molecule has 1 aromatic heterocycles. The van der Waals surface area contributed by atoms with E-state index in [2.05, 4.69) is 10.4 Å². The fourth-order valence-electron chi connectivity index (χ4n) is 2.09. The minimum absolute atomic E-state index is 0.307. The van der Waals surface area contributed by atoms with Crippen LogP contribution in [-0.4, -0.2) is 39.1 Å². The van der Waals surface area contributed by atoms with Crippen molar-refractivity contribution in [3.05, 3.63) is 30.0 Å². The van der Waals surface area contributed by atoms with Crippen LogP contribution >= 0.6 is 11.8 Å². The Balaban J connectivity index is 2.06. The van der Waals surface area contributed by atoms with E-state index in [9.17, 15) is 9.59 Å². The predicted molar refractivity (Wildman–Crippen MR) is 82.2 cm³/mol. The minimum Gasteiger partial charge on any atom is -0.480 e. The highest BCUT2D eigenvalue weighted by molar-refractivity contribution is 7.98. The molecule has 6 nitrogen and oxygen atoms in total. The molecule has 0 spiro atoms. The number of rotatable bonds is 8. The van der Waals surface area contributed by atoms with Crippen LogP contribution in [0.1, 0.15) is 12.6 Å². The number of benzene rings is 1. The summed E-state index contributed by atoms with van der Waals surface area (Å²) in [6.45, 7) is 2.82. The number of carbonyl (C=O) groups is 2. The van der Waals surface area contributed by atoms with Crippen LogP contribution in [0.3, 0.4) is 0 Å². The smallest absolute Gasteiger partial charge is 0.327 e. The van der Waals surface area contributed by atoms with E-state index in [0.717, 1.165) is 23.1 Å². The highest BCUT2D eigenvalue weighted by atomic mass is 32.2. The molecule has 0 fully saturated rings. The molecular weight excluding hydrogens is 290 g/mol. The third kappa shape index (κ3) is 3.55. The second-order valence-electron chi connectivity index (χ2n) is 4.47. The number of nitrogens with zero attached hydrogens (tertiary/aromatic N) is 2. The fraction of sp³-hybridized carbons (Fsp3) is 0.357. The molecule has 1 amide bonds. The van der Waals surface area contributed by atoms with E-state index in [1.807, 2.05) is 35.9 Å². The molecule has 0 bridgehead atoms. The lowest BCUT2D eigenvalue weighted by atomic mass is 10.2. The lowest BCUT2D eigenvalue weighted by Crippen LogP contribution is -2.37. The van der Waals surface area contributed by atoms with E-state index >= 15 is 0 Å². The molecule has 1 heterocycles. The van der Waals surface area contributed by atoms with Crippen LogP contribution in [0.5, 0.6) is 0 Å². The topological polar surface area (TPSA) is 84.2 Å². The molecule has 2 rings (SSSR count). The van der Waals surface area contributed by atoms with Crippen molar-refractivity contribution in [1.82, 2.24) is 15.1 Å². The molecule has 0 saturated heterocycles. The molecule has 7 heteroatoms. The summed E-state index contributed by atoms with van der Waals surface area (Å²) in [7, 11) is 0. The zero-order valence-electron chi connectivity index (χ0n) is 11.7. The van der Waals surface area contributed by atoms with Gasteiger partial charge in [-0.05, 0) is 13.0 Å². The van der Waals surface area contributed by atoms with E-state index in [1.54, 1.807) is 0 Å². The van der Waals surface area contributed by atoms with Crippen molar-refractivity contribution in [3.63, 3.8) is 0 Å². The number of carbonyl (C=O) groups excluding carboxylic acids is 1. The Kier molecular flexibility index (Phi) is 5.21. The van der Waals surface area contributed by atoms with Gasteiger partial charge in [0, 0.05) is 23.4 Å². The Labute approximate surface area is 126 Å². The largest absolute Gasteiger partial charge is 0.480 e. The third-order valence-corrected chi connectivity index (χ3v) is 4.17. The molecule has 112 valence electrons. The van der Waals surface area contributed by atoms with E-state index in [0.29, 0.717) is 17.9 Å². The summed E-state index contributed by atoms with van der Waals surface area (Å²) in [5.74, 6) is -0.113. The first-order chi connectivity index (χ1) is 10.2. The number of aliphatic carboxylic acids is 1. The van der Waals surface area contributed by atoms with Gasteiger partial charge in [0.1, 0.15) is 6.04 Å². The number of hydrogen-bond acceptors (Lipinski definition) is 4. The lowest BCUT2D eigenvalue weighted by Gasteiger charge is -2.09. The Hall–Kier alpha value is -2.02. The van der Waals surface area contributed by atoms with Gasteiger partial charge in [0.25, 0.3) is 0 Å². The normalized spacial score (nSPS) is 12.2. The van der Waals surface area contributed by atoms with Crippen LogP contribution in [0.4, 0.5) is 0 Å². The van der Waals surface area contributed by atoms with Crippen molar-refractivity contribution in [2.24, 2.45) is 0 Å². The second-order valence-corrected chi connectivity index (χ2v) is 5.50. The molecule has 0 aliphatic rings. The summed E-state index contributed by atoms with van der Waals surface area (Å²) >= 11 is 1.44. The molecule has 0 aliphatic carbocycles. The zero-order valence-corrected chi connectivity index (χ0v) is 12.5. The number of para-hydroxylation sites is 1. The van der Waals surface area contributed by atoms with Crippen LogP contribution in [0.25, 0.3) is 10.9 Å². The van der Waals surface area contributed by atoms with Crippen LogP contribution in [0, 0.1) is 0 Å². The third-order valence-electron chi connectivity index (χ3n) is 3.12. The van der Waals surface area contributed by atoms with E-state index < -0.39 is 12.0 Å². The second kappa shape index (κ2) is 7.12. The van der Waals surface area contributed by atoms with Gasteiger partial charge in [0.2, 0.25) is 6.41 Å². The minimum atomic E-state index is -1.03. The van der Waals surface area contributed by atoms with Gasteiger partial charge in [-0.25, -0.2) is 4.79 Å². The molecule has 2 N–H and O–H groups in total. The summed E-state index contributed by atoms with van der Waals surface area (Å²) in [5.41, 5.74) is 2.02. The highest BCUT2D eigenvalue weighted by Crippen LogP contribution is 2.22. The summed E-state index contributed by atoms with van der Waals surface area (Å²) < 4.78 is 1.93. The van der Waals surface area contributed by atoms with Crippen molar-refractivity contribution < 1.29 is 14.7 Å². The number of nitrogens with one attached hydrogen (secondary N) is 1. The average molecular weight is 307 g/mol. The van der Waals surface area contributed by atoms with Crippen molar-refractivity contribution in [2.75, 3.05) is 5.75 Å². The molecule has 1 atom stereocenters. The monoisotopic (exact) mass is 307 g/mol. The lowest BCUT2D eigenvalue weighted by molar-refractivity contribution is -0.139. The highest BCUT2D eigenvalue weighted by Gasteiger charge is 2.17. The van der Waals surface area contributed by atoms with Gasteiger partial charge in [-0.1, -0.05) is 18.2 Å². The van der Waals surface area contributed by atoms with Crippen LogP contribution < -0.4 is 5.32 Å². The maximum Gasteiger partial charge on any atom is 0.327 e. The molecule has 0 radical (unpaired) electrons. The quantitative estimate of drug-likeness (QED) is 0.722. The maximum absolute atomic E-state index is 10.9. The van der Waals surface area contributed by atoms with Gasteiger partial charge in [-0.3, -0.25) is 9.48 Å². The summed E-state index contributed by atoms with van der Waals surface area (Å²) in [6.07, 6.45) is 0.417. The Morgan fingerprint density at radius 1 is 1.52 bits per heavy atom. The van der Waals surface area contributed by atoms with Gasteiger partial charge in [0.05, 0.1) is 11.2 Å². The van der Waals surface area contributed by atoms with Crippen LogP contribution in [0.15, 0.2) is 24.3 Å². The first-order valence-electron chi connectivity index (χ1n) is 6.62. The Bertz CT molecular complexity index is 641. The number of thioether (sulfide) groups is 1. The first-order valence-corrected chi connectivity index (χ1v) is 7.77. The summed E-state index contributed by atoms with van der Waals surface area (Å²) in [4.78, 5) is 21.3. The van der Waals surface area contributed by atoms with Crippen molar-refractivity contribution in [3.8, 4) is 0 Å². The van der Waals surface area contributed by atoms with Crippen LogP contribution in [0.2, 0.25) is 0 Å². The number of fused-ring (bicyclic) bond motifs is 1. The average Bonchev–Trinajstić information content (AvgIpc) is 2.84. The van der Waals surface area contributed by atoms with E-state index in [4.69, 9.17) is 5.11 Å². The standard InChI is InChI=1S/C14H17N3O3S/c1-2-17-13-6-4-3-5-10(13)11(16-17)7-21-8-12(14(19)20)15-9-18/h3-6,9,12H,2,7-8H2,1H3,(H,15,18)(H,19,20). The molecular formula is C14H17N3O3S. The fourth-order valence-corrected chi connectivity index (χ4v) is 3.09. The van der Waals surface area contributed by atoms with Gasteiger partial charge < -0.3 is 10.4 Å². The maximum atomic E-state index is 10.9. The number of hydrogen-bond donors (Lipinski definition) is 2. The Morgan fingerprint density at radius 2 is 2.29 bits per heavy atom. The van der Waals surface area contributed by atoms with Crippen molar-refractivity contribution >= 4 is 35.0 Å². The van der Waals surface area contributed by atoms with E-state index in [-0.39, 0.29) is 0 Å². The predicted octanol–water partition coefficient (Wildman–Crippen LogP) is 1.49. The van der Waals surface area contributed by atoms with Gasteiger partial charge in [-0.2, -0.15) is 16.9 Å². The SMILES string of the molecule is CCn1nc(CSCC(NC=O)C(=O)O)c2ccccc21. The van der Waals surface area contributed by atoms with Gasteiger partial charge in [-0.15, -0.1) is 0 Å². The van der Waals surface area contributed by atoms with Crippen molar-refractivity contribution in [2.45, 2.75) is 25.3 Å². The first kappa shape index (κ1) is 15.4. The number of amides is 1. The molecule has 2 aromatic rings. The molecule has 21 heavy (non-hydrogen) atoms. The number of aromatic nitrogens is 2. The van der Waals surface area contributed by atoms with Crippen LogP contribution in [-0.2, 0) is 21.9 Å². The number of carboxylic acids is 1. The summed E-state index contributed by atoms with van der Waals surface area (Å²) in [6, 6.07) is 7.11. The zero-order chi connectivity index (χ0) is 15.2. The van der Waals surface area contributed by atoms with E-state index in [1.165, 1.54) is 11.8 Å². The molecule has 0 aliphatic heterocycles.